The number of carbonyl (C=O) groups is 1. The number of rotatable bonds is 6. The van der Waals surface area contributed by atoms with Crippen LogP contribution in [0.15, 0.2) is 12.2 Å². The SMILES string of the molecule is O=C(O)/C=C/CCC[C@@H](O)CO. The number of unbranched alkanes of at least 4 members (excludes halogenated alkanes) is 1. The third-order valence-corrected chi connectivity index (χ3v) is 1.38. The molecular weight excluding hydrogens is 160 g/mol. The maximum absolute atomic E-state index is 9.98. The van der Waals surface area contributed by atoms with Gasteiger partial charge in [0.05, 0.1) is 12.7 Å². The second-order valence-electron chi connectivity index (χ2n) is 2.51. The van der Waals surface area contributed by atoms with Gasteiger partial charge in [-0.05, 0) is 19.3 Å². The first-order valence-electron chi connectivity index (χ1n) is 3.85. The maximum atomic E-state index is 9.98. The van der Waals surface area contributed by atoms with Crippen molar-refractivity contribution in [3.63, 3.8) is 0 Å². The normalized spacial score (nSPS) is 13.5. The molecule has 3 N–H and O–H groups in total. The lowest BCUT2D eigenvalue weighted by molar-refractivity contribution is -0.131. The van der Waals surface area contributed by atoms with Gasteiger partial charge in [-0.3, -0.25) is 0 Å². The standard InChI is InChI=1S/C8H14O4/c9-6-7(10)4-2-1-3-5-8(11)12/h3,5,7,9-10H,1-2,4,6H2,(H,11,12)/b5-3+/t7-/m1/s1. The Morgan fingerprint density at radius 3 is 2.67 bits per heavy atom. The average Bonchev–Trinajstić information content (AvgIpc) is 2.03. The molecule has 0 aliphatic heterocycles. The van der Waals surface area contributed by atoms with E-state index >= 15 is 0 Å². The summed E-state index contributed by atoms with van der Waals surface area (Å²) in [5.41, 5.74) is 0. The molecule has 0 radical (unpaired) electrons. The number of aliphatic carboxylic acids is 1. The van der Waals surface area contributed by atoms with E-state index in [9.17, 15) is 4.79 Å². The molecule has 0 aromatic rings. The van der Waals surface area contributed by atoms with E-state index in [2.05, 4.69) is 0 Å². The number of aliphatic hydroxyl groups is 2. The van der Waals surface area contributed by atoms with Crippen molar-refractivity contribution in [1.29, 1.82) is 0 Å². The molecule has 0 rings (SSSR count). The Balaban J connectivity index is 3.26. The fraction of sp³-hybridized carbons (Fsp3) is 0.625. The number of carboxylic acid groups (broad SMARTS) is 1. The van der Waals surface area contributed by atoms with E-state index in [1.54, 1.807) is 0 Å². The summed E-state index contributed by atoms with van der Waals surface area (Å²) in [6.45, 7) is -0.233. The van der Waals surface area contributed by atoms with Crippen LogP contribution in [-0.4, -0.2) is 34.0 Å². The van der Waals surface area contributed by atoms with Crippen molar-refractivity contribution >= 4 is 5.97 Å². The predicted molar refractivity (Wildman–Crippen MR) is 43.7 cm³/mol. The highest BCUT2D eigenvalue weighted by Gasteiger charge is 1.99. The number of carboxylic acids is 1. The second kappa shape index (κ2) is 6.82. The zero-order valence-electron chi connectivity index (χ0n) is 6.81. The van der Waals surface area contributed by atoms with Gasteiger partial charge in [-0.15, -0.1) is 0 Å². The monoisotopic (exact) mass is 174 g/mol. The summed E-state index contributed by atoms with van der Waals surface area (Å²) < 4.78 is 0. The molecule has 1 atom stereocenters. The van der Waals surface area contributed by atoms with Crippen LogP contribution in [0.2, 0.25) is 0 Å². The molecule has 0 saturated carbocycles. The zero-order chi connectivity index (χ0) is 9.40. The van der Waals surface area contributed by atoms with E-state index in [0.717, 1.165) is 6.08 Å². The molecular formula is C8H14O4. The molecule has 0 heterocycles. The zero-order valence-corrected chi connectivity index (χ0v) is 6.81. The summed E-state index contributed by atoms with van der Waals surface area (Å²) in [5.74, 6) is -0.960. The molecule has 0 aromatic carbocycles. The van der Waals surface area contributed by atoms with E-state index in [1.165, 1.54) is 6.08 Å². The molecule has 0 aliphatic carbocycles. The van der Waals surface area contributed by atoms with Gasteiger partial charge in [-0.25, -0.2) is 4.79 Å². The van der Waals surface area contributed by atoms with Crippen molar-refractivity contribution in [3.8, 4) is 0 Å². The third-order valence-electron chi connectivity index (χ3n) is 1.38. The van der Waals surface area contributed by atoms with Crippen molar-refractivity contribution in [2.45, 2.75) is 25.4 Å². The summed E-state index contributed by atoms with van der Waals surface area (Å²) >= 11 is 0. The molecule has 4 nitrogen and oxygen atoms in total. The Bertz CT molecular complexity index is 153. The van der Waals surface area contributed by atoms with Crippen LogP contribution in [0.4, 0.5) is 0 Å². The van der Waals surface area contributed by atoms with Crippen molar-refractivity contribution in [2.24, 2.45) is 0 Å². The summed E-state index contributed by atoms with van der Waals surface area (Å²) in [6.07, 6.45) is 3.73. The Morgan fingerprint density at radius 1 is 1.50 bits per heavy atom. The van der Waals surface area contributed by atoms with Gasteiger partial charge in [-0.1, -0.05) is 6.08 Å². The van der Waals surface area contributed by atoms with Crippen LogP contribution in [0, 0.1) is 0 Å². The van der Waals surface area contributed by atoms with Gasteiger partial charge < -0.3 is 15.3 Å². The second-order valence-corrected chi connectivity index (χ2v) is 2.51. The van der Waals surface area contributed by atoms with Gasteiger partial charge in [0.15, 0.2) is 0 Å². The lowest BCUT2D eigenvalue weighted by atomic mass is 10.1. The van der Waals surface area contributed by atoms with E-state index in [4.69, 9.17) is 15.3 Å². The highest BCUT2D eigenvalue weighted by molar-refractivity contribution is 5.79. The first-order valence-corrected chi connectivity index (χ1v) is 3.85. The van der Waals surface area contributed by atoms with E-state index in [0.29, 0.717) is 19.3 Å². The summed E-state index contributed by atoms with van der Waals surface area (Å²) in [4.78, 5) is 9.98. The van der Waals surface area contributed by atoms with Gasteiger partial charge in [0, 0.05) is 6.08 Å². The largest absolute Gasteiger partial charge is 0.478 e. The fourth-order valence-corrected chi connectivity index (χ4v) is 0.747. The van der Waals surface area contributed by atoms with Crippen LogP contribution in [0.5, 0.6) is 0 Å². The Morgan fingerprint density at radius 2 is 2.17 bits per heavy atom. The van der Waals surface area contributed by atoms with Crippen LogP contribution in [0.25, 0.3) is 0 Å². The molecule has 0 aromatic heterocycles. The summed E-state index contributed by atoms with van der Waals surface area (Å²) in [6, 6.07) is 0. The topological polar surface area (TPSA) is 77.8 Å². The lowest BCUT2D eigenvalue weighted by Gasteiger charge is -2.03. The highest BCUT2D eigenvalue weighted by atomic mass is 16.4. The minimum absolute atomic E-state index is 0.233. The number of hydrogen-bond donors (Lipinski definition) is 3. The lowest BCUT2D eigenvalue weighted by Crippen LogP contribution is -2.10. The first-order chi connectivity index (χ1) is 5.66. The minimum atomic E-state index is -0.960. The summed E-state index contributed by atoms with van der Waals surface area (Å²) in [7, 11) is 0. The fourth-order valence-electron chi connectivity index (χ4n) is 0.747. The van der Waals surface area contributed by atoms with Crippen LogP contribution >= 0.6 is 0 Å². The molecule has 0 aliphatic rings. The van der Waals surface area contributed by atoms with Crippen LogP contribution < -0.4 is 0 Å². The number of allylic oxidation sites excluding steroid dienone is 1. The molecule has 12 heavy (non-hydrogen) atoms. The highest BCUT2D eigenvalue weighted by Crippen LogP contribution is 2.00. The third kappa shape index (κ3) is 7.24. The maximum Gasteiger partial charge on any atom is 0.327 e. The molecule has 0 unspecified atom stereocenters. The molecule has 4 heteroatoms. The first kappa shape index (κ1) is 11.1. The molecule has 0 bridgehead atoms. The van der Waals surface area contributed by atoms with Crippen molar-refractivity contribution < 1.29 is 20.1 Å². The quantitative estimate of drug-likeness (QED) is 0.395. The van der Waals surface area contributed by atoms with Gasteiger partial charge in [0.1, 0.15) is 0 Å². The van der Waals surface area contributed by atoms with Gasteiger partial charge in [0.2, 0.25) is 0 Å². The van der Waals surface area contributed by atoms with E-state index in [-0.39, 0.29) is 6.61 Å². The van der Waals surface area contributed by atoms with Gasteiger partial charge >= 0.3 is 5.97 Å². The van der Waals surface area contributed by atoms with E-state index in [1.807, 2.05) is 0 Å². The van der Waals surface area contributed by atoms with Crippen molar-refractivity contribution in [1.82, 2.24) is 0 Å². The molecule has 0 spiro atoms. The molecule has 70 valence electrons. The minimum Gasteiger partial charge on any atom is -0.478 e. The van der Waals surface area contributed by atoms with Gasteiger partial charge in [0.25, 0.3) is 0 Å². The van der Waals surface area contributed by atoms with Crippen molar-refractivity contribution in [3.05, 3.63) is 12.2 Å². The van der Waals surface area contributed by atoms with Crippen molar-refractivity contribution in [2.75, 3.05) is 6.61 Å². The number of aliphatic hydroxyl groups excluding tert-OH is 2. The smallest absolute Gasteiger partial charge is 0.327 e. The Labute approximate surface area is 71.1 Å². The molecule has 0 saturated heterocycles. The Hall–Kier alpha value is -0.870. The van der Waals surface area contributed by atoms with Crippen LogP contribution in [0.3, 0.4) is 0 Å². The average molecular weight is 174 g/mol. The van der Waals surface area contributed by atoms with Crippen LogP contribution in [-0.2, 0) is 4.79 Å². The molecule has 0 fully saturated rings. The number of hydrogen-bond acceptors (Lipinski definition) is 3. The molecule has 0 amide bonds. The summed E-state index contributed by atoms with van der Waals surface area (Å²) in [5, 5.41) is 25.5. The predicted octanol–water partition coefficient (Wildman–Crippen LogP) is 0.151. The van der Waals surface area contributed by atoms with E-state index < -0.39 is 12.1 Å². The van der Waals surface area contributed by atoms with Crippen LogP contribution in [0.1, 0.15) is 19.3 Å². The Kier molecular flexibility index (Phi) is 6.32. The van der Waals surface area contributed by atoms with Gasteiger partial charge in [-0.2, -0.15) is 0 Å².